The van der Waals surface area contributed by atoms with Gasteiger partial charge in [0.25, 0.3) is 5.91 Å². The SMILES string of the molecule is O=C(COc1ccccc1)Nc1ccc(Cc2nc3cc(Cl)ccc3o2)cc1. The molecule has 28 heavy (non-hydrogen) atoms. The maximum absolute atomic E-state index is 12.0. The summed E-state index contributed by atoms with van der Waals surface area (Å²) in [4.78, 5) is 16.5. The van der Waals surface area contributed by atoms with Crippen molar-refractivity contribution >= 4 is 34.3 Å². The number of carbonyl (C=O) groups excluding carboxylic acids is 1. The number of nitrogens with one attached hydrogen (secondary N) is 1. The number of hydrogen-bond donors (Lipinski definition) is 1. The Labute approximate surface area is 166 Å². The van der Waals surface area contributed by atoms with Crippen LogP contribution < -0.4 is 10.1 Å². The Kier molecular flexibility index (Phi) is 5.26. The number of aromatic nitrogens is 1. The Morgan fingerprint density at radius 1 is 1.04 bits per heavy atom. The third-order valence-electron chi connectivity index (χ3n) is 4.10. The number of hydrogen-bond acceptors (Lipinski definition) is 4. The van der Waals surface area contributed by atoms with Crippen LogP contribution in [0.4, 0.5) is 5.69 Å². The number of ether oxygens (including phenoxy) is 1. The van der Waals surface area contributed by atoms with Gasteiger partial charge in [-0.3, -0.25) is 4.79 Å². The topological polar surface area (TPSA) is 64.4 Å². The fourth-order valence-corrected chi connectivity index (χ4v) is 2.93. The van der Waals surface area contributed by atoms with E-state index >= 15 is 0 Å². The summed E-state index contributed by atoms with van der Waals surface area (Å²) < 4.78 is 11.2. The van der Waals surface area contributed by atoms with Gasteiger partial charge in [0.05, 0.1) is 0 Å². The Hall–Kier alpha value is -3.31. The van der Waals surface area contributed by atoms with Gasteiger partial charge in [-0.2, -0.15) is 0 Å². The number of oxazole rings is 1. The first-order valence-corrected chi connectivity index (χ1v) is 9.15. The summed E-state index contributed by atoms with van der Waals surface area (Å²) in [5, 5.41) is 3.44. The molecule has 1 N–H and O–H groups in total. The van der Waals surface area contributed by atoms with Gasteiger partial charge in [-0.1, -0.05) is 41.9 Å². The van der Waals surface area contributed by atoms with Crippen molar-refractivity contribution in [1.82, 2.24) is 4.98 Å². The Morgan fingerprint density at radius 2 is 1.82 bits per heavy atom. The summed E-state index contributed by atoms with van der Waals surface area (Å²) in [5.74, 6) is 1.06. The summed E-state index contributed by atoms with van der Waals surface area (Å²) >= 11 is 5.98. The van der Waals surface area contributed by atoms with Crippen LogP contribution in [-0.4, -0.2) is 17.5 Å². The summed E-state index contributed by atoms with van der Waals surface area (Å²) in [7, 11) is 0. The van der Waals surface area contributed by atoms with Gasteiger partial charge in [0.1, 0.15) is 11.3 Å². The van der Waals surface area contributed by atoms with Gasteiger partial charge in [-0.25, -0.2) is 4.98 Å². The molecule has 3 aromatic carbocycles. The average molecular weight is 393 g/mol. The van der Waals surface area contributed by atoms with Gasteiger partial charge in [0, 0.05) is 17.1 Å². The molecule has 0 bridgehead atoms. The van der Waals surface area contributed by atoms with Crippen molar-refractivity contribution in [1.29, 1.82) is 0 Å². The number of rotatable bonds is 6. The molecule has 0 aliphatic carbocycles. The highest BCUT2D eigenvalue weighted by Crippen LogP contribution is 2.22. The third-order valence-corrected chi connectivity index (χ3v) is 4.34. The molecule has 0 radical (unpaired) electrons. The fourth-order valence-electron chi connectivity index (χ4n) is 2.77. The number of amides is 1. The molecule has 0 aliphatic rings. The van der Waals surface area contributed by atoms with Crippen molar-refractivity contribution in [3.05, 3.63) is 89.3 Å². The first-order valence-electron chi connectivity index (χ1n) is 8.77. The molecule has 4 rings (SSSR count). The standard InChI is InChI=1S/C22H17ClN2O3/c23-16-8-11-20-19(13-16)25-22(28-20)12-15-6-9-17(10-7-15)24-21(26)14-27-18-4-2-1-3-5-18/h1-11,13H,12,14H2,(H,24,26). The molecular weight excluding hydrogens is 376 g/mol. The average Bonchev–Trinajstić information content (AvgIpc) is 3.10. The Balaban J connectivity index is 1.34. The molecule has 0 spiro atoms. The lowest BCUT2D eigenvalue weighted by molar-refractivity contribution is -0.118. The smallest absolute Gasteiger partial charge is 0.262 e. The molecule has 1 amide bonds. The van der Waals surface area contributed by atoms with E-state index in [1.807, 2.05) is 60.7 Å². The molecule has 0 unspecified atom stereocenters. The Bertz CT molecular complexity index is 1090. The molecule has 4 aromatic rings. The molecule has 0 aliphatic heterocycles. The normalized spacial score (nSPS) is 10.8. The van der Waals surface area contributed by atoms with Crippen LogP contribution in [0.25, 0.3) is 11.1 Å². The lowest BCUT2D eigenvalue weighted by Crippen LogP contribution is -2.20. The number of carbonyl (C=O) groups is 1. The molecular formula is C22H17ClN2O3. The highest BCUT2D eigenvalue weighted by atomic mass is 35.5. The maximum Gasteiger partial charge on any atom is 0.262 e. The van der Waals surface area contributed by atoms with Gasteiger partial charge in [-0.15, -0.1) is 0 Å². The predicted molar refractivity (Wildman–Crippen MR) is 109 cm³/mol. The number of benzene rings is 3. The number of para-hydroxylation sites is 1. The zero-order valence-electron chi connectivity index (χ0n) is 14.9. The summed E-state index contributed by atoms with van der Waals surface area (Å²) in [6.07, 6.45) is 0.553. The minimum atomic E-state index is -0.215. The monoisotopic (exact) mass is 392 g/mol. The van der Waals surface area contributed by atoms with Crippen LogP contribution in [0.2, 0.25) is 5.02 Å². The van der Waals surface area contributed by atoms with Crippen molar-refractivity contribution in [2.75, 3.05) is 11.9 Å². The predicted octanol–water partition coefficient (Wildman–Crippen LogP) is 5.09. The van der Waals surface area contributed by atoms with E-state index in [0.29, 0.717) is 34.4 Å². The van der Waals surface area contributed by atoms with Crippen LogP contribution in [0.3, 0.4) is 0 Å². The zero-order valence-corrected chi connectivity index (χ0v) is 15.6. The second-order valence-corrected chi connectivity index (χ2v) is 6.68. The molecule has 1 heterocycles. The molecule has 0 saturated heterocycles. The van der Waals surface area contributed by atoms with Crippen molar-refractivity contribution < 1.29 is 13.9 Å². The van der Waals surface area contributed by atoms with Crippen LogP contribution in [0.5, 0.6) is 5.75 Å². The van der Waals surface area contributed by atoms with Crippen molar-refractivity contribution in [3.63, 3.8) is 0 Å². The second kappa shape index (κ2) is 8.15. The molecule has 140 valence electrons. The van der Waals surface area contributed by atoms with E-state index in [1.165, 1.54) is 0 Å². The van der Waals surface area contributed by atoms with E-state index in [0.717, 1.165) is 11.1 Å². The highest BCUT2D eigenvalue weighted by Gasteiger charge is 2.08. The Morgan fingerprint density at radius 3 is 2.61 bits per heavy atom. The minimum Gasteiger partial charge on any atom is -0.484 e. The van der Waals surface area contributed by atoms with Gasteiger partial charge < -0.3 is 14.5 Å². The lowest BCUT2D eigenvalue weighted by Gasteiger charge is -2.08. The largest absolute Gasteiger partial charge is 0.484 e. The molecule has 6 heteroatoms. The van der Waals surface area contributed by atoms with E-state index in [1.54, 1.807) is 12.1 Å². The van der Waals surface area contributed by atoms with Gasteiger partial charge >= 0.3 is 0 Å². The van der Waals surface area contributed by atoms with E-state index in [2.05, 4.69) is 10.3 Å². The van der Waals surface area contributed by atoms with E-state index in [9.17, 15) is 4.79 Å². The van der Waals surface area contributed by atoms with E-state index < -0.39 is 0 Å². The minimum absolute atomic E-state index is 0.0444. The lowest BCUT2D eigenvalue weighted by atomic mass is 10.1. The summed E-state index contributed by atoms with van der Waals surface area (Å²) in [6, 6.07) is 22.1. The molecule has 0 atom stereocenters. The molecule has 5 nitrogen and oxygen atoms in total. The van der Waals surface area contributed by atoms with Crippen molar-refractivity contribution in [3.8, 4) is 5.75 Å². The van der Waals surface area contributed by atoms with Crippen LogP contribution in [0.1, 0.15) is 11.5 Å². The number of anilines is 1. The van der Waals surface area contributed by atoms with Crippen LogP contribution >= 0.6 is 11.6 Å². The molecule has 0 fully saturated rings. The van der Waals surface area contributed by atoms with Crippen LogP contribution in [-0.2, 0) is 11.2 Å². The summed E-state index contributed by atoms with van der Waals surface area (Å²) in [6.45, 7) is -0.0444. The van der Waals surface area contributed by atoms with Gasteiger partial charge in [0.2, 0.25) is 0 Å². The zero-order chi connectivity index (χ0) is 19.3. The van der Waals surface area contributed by atoms with Gasteiger partial charge in [-0.05, 0) is 48.0 Å². The number of fused-ring (bicyclic) bond motifs is 1. The third kappa shape index (κ3) is 4.50. The van der Waals surface area contributed by atoms with Crippen molar-refractivity contribution in [2.45, 2.75) is 6.42 Å². The van der Waals surface area contributed by atoms with Crippen LogP contribution in [0, 0.1) is 0 Å². The fraction of sp³-hybridized carbons (Fsp3) is 0.0909. The quantitative estimate of drug-likeness (QED) is 0.496. The number of halogens is 1. The van der Waals surface area contributed by atoms with Crippen molar-refractivity contribution in [2.24, 2.45) is 0 Å². The maximum atomic E-state index is 12.0. The first kappa shape index (κ1) is 18.1. The summed E-state index contributed by atoms with van der Waals surface area (Å²) in [5.41, 5.74) is 3.18. The highest BCUT2D eigenvalue weighted by molar-refractivity contribution is 6.31. The van der Waals surface area contributed by atoms with E-state index in [4.69, 9.17) is 20.8 Å². The van der Waals surface area contributed by atoms with Gasteiger partial charge in [0.15, 0.2) is 18.1 Å². The first-order chi connectivity index (χ1) is 13.7. The molecule has 0 saturated carbocycles. The van der Waals surface area contributed by atoms with E-state index in [-0.39, 0.29) is 12.5 Å². The number of nitrogens with zero attached hydrogens (tertiary/aromatic N) is 1. The van der Waals surface area contributed by atoms with Crippen LogP contribution in [0.15, 0.2) is 77.2 Å². The molecule has 1 aromatic heterocycles. The second-order valence-electron chi connectivity index (χ2n) is 6.24.